The summed E-state index contributed by atoms with van der Waals surface area (Å²) in [5, 5.41) is 2.81. The predicted molar refractivity (Wildman–Crippen MR) is 68.9 cm³/mol. The number of nitrogens with one attached hydrogen (secondary N) is 1. The molecule has 1 amide bonds. The van der Waals surface area contributed by atoms with Gasteiger partial charge in [-0.25, -0.2) is 4.98 Å². The van der Waals surface area contributed by atoms with Crippen molar-refractivity contribution in [1.82, 2.24) is 15.3 Å². The zero-order valence-corrected chi connectivity index (χ0v) is 9.84. The molecule has 0 saturated heterocycles. The molecule has 0 unspecified atom stereocenters. The van der Waals surface area contributed by atoms with Crippen LogP contribution in [0, 0.1) is 0 Å². The third kappa shape index (κ3) is 3.28. The SMILES string of the molecule is Nc1cc(C(=O)NCCc2ccccn2)ccn1. The second kappa shape index (κ2) is 5.77. The van der Waals surface area contributed by atoms with E-state index < -0.39 is 0 Å². The zero-order valence-electron chi connectivity index (χ0n) is 9.84. The Morgan fingerprint density at radius 3 is 2.83 bits per heavy atom. The van der Waals surface area contributed by atoms with Gasteiger partial charge in [0, 0.05) is 36.6 Å². The number of carbonyl (C=O) groups is 1. The highest BCUT2D eigenvalue weighted by atomic mass is 16.1. The van der Waals surface area contributed by atoms with Gasteiger partial charge in [0.1, 0.15) is 5.82 Å². The molecule has 0 spiro atoms. The fourth-order valence-electron chi connectivity index (χ4n) is 1.54. The number of hydrogen-bond acceptors (Lipinski definition) is 4. The van der Waals surface area contributed by atoms with E-state index in [0.29, 0.717) is 24.3 Å². The second-order valence-electron chi connectivity index (χ2n) is 3.80. The molecule has 2 heterocycles. The Bertz CT molecular complexity index is 528. The second-order valence-corrected chi connectivity index (χ2v) is 3.80. The summed E-state index contributed by atoms with van der Waals surface area (Å²) in [6.07, 6.45) is 3.96. The van der Waals surface area contributed by atoms with E-state index in [1.807, 2.05) is 18.2 Å². The van der Waals surface area contributed by atoms with Gasteiger partial charge in [0.25, 0.3) is 5.91 Å². The van der Waals surface area contributed by atoms with Crippen molar-refractivity contribution >= 4 is 11.7 Å². The number of nitrogens with two attached hydrogens (primary N) is 1. The van der Waals surface area contributed by atoms with Crippen molar-refractivity contribution in [3.05, 3.63) is 54.0 Å². The van der Waals surface area contributed by atoms with Gasteiger partial charge in [0.2, 0.25) is 0 Å². The van der Waals surface area contributed by atoms with Gasteiger partial charge in [-0.2, -0.15) is 0 Å². The number of aromatic nitrogens is 2. The Hall–Kier alpha value is -2.43. The van der Waals surface area contributed by atoms with Gasteiger partial charge in [-0.1, -0.05) is 6.07 Å². The summed E-state index contributed by atoms with van der Waals surface area (Å²) in [7, 11) is 0. The quantitative estimate of drug-likeness (QED) is 0.839. The average molecular weight is 242 g/mol. The summed E-state index contributed by atoms with van der Waals surface area (Å²) in [4.78, 5) is 19.8. The molecule has 3 N–H and O–H groups in total. The minimum absolute atomic E-state index is 0.153. The Morgan fingerprint density at radius 2 is 2.11 bits per heavy atom. The molecule has 2 aromatic heterocycles. The fraction of sp³-hybridized carbons (Fsp3) is 0.154. The lowest BCUT2D eigenvalue weighted by Gasteiger charge is -2.05. The summed E-state index contributed by atoms with van der Waals surface area (Å²) in [6, 6.07) is 8.90. The van der Waals surface area contributed by atoms with E-state index in [0.717, 1.165) is 5.69 Å². The lowest BCUT2D eigenvalue weighted by molar-refractivity contribution is 0.0954. The highest BCUT2D eigenvalue weighted by Crippen LogP contribution is 2.02. The minimum Gasteiger partial charge on any atom is -0.384 e. The van der Waals surface area contributed by atoms with Crippen LogP contribution in [-0.4, -0.2) is 22.4 Å². The molecule has 2 rings (SSSR count). The van der Waals surface area contributed by atoms with Gasteiger partial charge in [-0.3, -0.25) is 9.78 Å². The minimum atomic E-state index is -0.153. The Labute approximate surface area is 105 Å². The maximum Gasteiger partial charge on any atom is 0.251 e. The van der Waals surface area contributed by atoms with Crippen LogP contribution in [0.15, 0.2) is 42.7 Å². The molecule has 0 fully saturated rings. The van der Waals surface area contributed by atoms with Crippen molar-refractivity contribution in [2.75, 3.05) is 12.3 Å². The molecular weight excluding hydrogens is 228 g/mol. The van der Waals surface area contributed by atoms with E-state index in [1.165, 1.54) is 6.20 Å². The summed E-state index contributed by atoms with van der Waals surface area (Å²) in [5.74, 6) is 0.187. The van der Waals surface area contributed by atoms with Crippen LogP contribution in [0.1, 0.15) is 16.1 Å². The molecule has 0 radical (unpaired) electrons. The zero-order chi connectivity index (χ0) is 12.8. The Morgan fingerprint density at radius 1 is 1.22 bits per heavy atom. The lowest BCUT2D eigenvalue weighted by atomic mass is 10.2. The first kappa shape index (κ1) is 12.0. The first-order valence-corrected chi connectivity index (χ1v) is 5.65. The van der Waals surface area contributed by atoms with Crippen LogP contribution < -0.4 is 11.1 Å². The molecule has 0 saturated carbocycles. The molecule has 0 aromatic carbocycles. The number of pyridine rings is 2. The average Bonchev–Trinajstić information content (AvgIpc) is 2.40. The van der Waals surface area contributed by atoms with Crippen LogP contribution in [0.3, 0.4) is 0 Å². The van der Waals surface area contributed by atoms with Crippen molar-refractivity contribution in [3.8, 4) is 0 Å². The van der Waals surface area contributed by atoms with Crippen molar-refractivity contribution in [3.63, 3.8) is 0 Å². The fourth-order valence-corrected chi connectivity index (χ4v) is 1.54. The number of carbonyl (C=O) groups excluding carboxylic acids is 1. The van der Waals surface area contributed by atoms with Crippen molar-refractivity contribution in [1.29, 1.82) is 0 Å². The Balaban J connectivity index is 1.86. The molecule has 0 aliphatic heterocycles. The van der Waals surface area contributed by atoms with Gasteiger partial charge in [0.15, 0.2) is 0 Å². The van der Waals surface area contributed by atoms with Crippen LogP contribution in [0.5, 0.6) is 0 Å². The maximum atomic E-state index is 11.8. The summed E-state index contributed by atoms with van der Waals surface area (Å²) in [5.41, 5.74) is 6.98. The van der Waals surface area contributed by atoms with E-state index in [9.17, 15) is 4.79 Å². The largest absolute Gasteiger partial charge is 0.384 e. The van der Waals surface area contributed by atoms with E-state index >= 15 is 0 Å². The van der Waals surface area contributed by atoms with Crippen LogP contribution in [-0.2, 0) is 6.42 Å². The van der Waals surface area contributed by atoms with Gasteiger partial charge in [-0.15, -0.1) is 0 Å². The van der Waals surface area contributed by atoms with Crippen LogP contribution in [0.2, 0.25) is 0 Å². The molecule has 5 heteroatoms. The van der Waals surface area contributed by atoms with E-state index in [-0.39, 0.29) is 5.91 Å². The van der Waals surface area contributed by atoms with E-state index in [2.05, 4.69) is 15.3 Å². The number of amides is 1. The monoisotopic (exact) mass is 242 g/mol. The molecule has 0 bridgehead atoms. The molecule has 2 aromatic rings. The third-order valence-electron chi connectivity index (χ3n) is 2.44. The van der Waals surface area contributed by atoms with Crippen LogP contribution in [0.4, 0.5) is 5.82 Å². The summed E-state index contributed by atoms with van der Waals surface area (Å²) >= 11 is 0. The third-order valence-corrected chi connectivity index (χ3v) is 2.44. The molecule has 5 nitrogen and oxygen atoms in total. The topological polar surface area (TPSA) is 80.9 Å². The Kier molecular flexibility index (Phi) is 3.86. The smallest absolute Gasteiger partial charge is 0.251 e. The first-order valence-electron chi connectivity index (χ1n) is 5.65. The van der Waals surface area contributed by atoms with E-state index in [1.54, 1.807) is 18.3 Å². The molecular formula is C13H14N4O. The van der Waals surface area contributed by atoms with Gasteiger partial charge in [0.05, 0.1) is 0 Å². The number of hydrogen-bond donors (Lipinski definition) is 2. The highest BCUT2D eigenvalue weighted by molar-refractivity contribution is 5.94. The van der Waals surface area contributed by atoms with Crippen molar-refractivity contribution in [2.45, 2.75) is 6.42 Å². The first-order chi connectivity index (χ1) is 8.75. The molecule has 92 valence electrons. The molecule has 0 aliphatic carbocycles. The normalized spacial score (nSPS) is 10.0. The number of nitrogens with zero attached hydrogens (tertiary/aromatic N) is 2. The predicted octanol–water partition coefficient (Wildman–Crippen LogP) is 1.03. The lowest BCUT2D eigenvalue weighted by Crippen LogP contribution is -2.26. The number of rotatable bonds is 4. The van der Waals surface area contributed by atoms with Crippen LogP contribution >= 0.6 is 0 Å². The number of anilines is 1. The highest BCUT2D eigenvalue weighted by Gasteiger charge is 2.05. The van der Waals surface area contributed by atoms with Gasteiger partial charge < -0.3 is 11.1 Å². The molecule has 18 heavy (non-hydrogen) atoms. The van der Waals surface area contributed by atoms with Gasteiger partial charge in [-0.05, 0) is 24.3 Å². The van der Waals surface area contributed by atoms with Crippen LogP contribution in [0.25, 0.3) is 0 Å². The van der Waals surface area contributed by atoms with Crippen molar-refractivity contribution < 1.29 is 4.79 Å². The molecule has 0 atom stereocenters. The number of nitrogen functional groups attached to an aromatic ring is 1. The summed E-state index contributed by atoms with van der Waals surface area (Å²) < 4.78 is 0. The van der Waals surface area contributed by atoms with Crippen molar-refractivity contribution in [2.24, 2.45) is 0 Å². The maximum absolute atomic E-state index is 11.8. The standard InChI is InChI=1S/C13H14N4O/c14-12-9-10(4-7-16-12)13(18)17-8-5-11-3-1-2-6-15-11/h1-4,6-7,9H,5,8H2,(H2,14,16)(H,17,18). The van der Waals surface area contributed by atoms with E-state index in [4.69, 9.17) is 5.73 Å². The molecule has 0 aliphatic rings. The summed E-state index contributed by atoms with van der Waals surface area (Å²) in [6.45, 7) is 0.540. The van der Waals surface area contributed by atoms with Gasteiger partial charge >= 0.3 is 0 Å².